The molecule has 22 rings (SSSR count). The minimum Gasteiger partial charge on any atom is -0.484 e. The number of hydrogen-bond donors (Lipinski definition) is 0. The number of fused-ring (bicyclic) bond motifs is 8. The van der Waals surface area contributed by atoms with Crippen LogP contribution < -0.4 is 9.64 Å². The van der Waals surface area contributed by atoms with E-state index in [4.69, 9.17) is 24.7 Å². The summed E-state index contributed by atoms with van der Waals surface area (Å²) in [5, 5.41) is 4.96. The van der Waals surface area contributed by atoms with Crippen molar-refractivity contribution in [2.45, 2.75) is 24.0 Å². The van der Waals surface area contributed by atoms with Crippen LogP contribution in [0.5, 0.6) is 5.75 Å². The lowest BCUT2D eigenvalue weighted by atomic mass is 9.90. The Kier molecular flexibility index (Phi) is 18.5. The number of benzene rings is 16. The molecule has 16 aromatic carbocycles. The molecule has 4 aliphatic rings. The van der Waals surface area contributed by atoms with E-state index in [1.54, 1.807) is 0 Å². The number of anilines is 2. The molecule has 6 nitrogen and oxygen atoms in total. The van der Waals surface area contributed by atoms with Gasteiger partial charge in [-0.2, -0.15) is 0 Å². The Morgan fingerprint density at radius 2 is 0.551 bits per heavy atom. The molecule has 2 aliphatic heterocycles. The molecular weight excluding hydrogens is 1430 g/mol. The minimum absolute atomic E-state index is 0.0489. The van der Waals surface area contributed by atoms with Gasteiger partial charge in [0.1, 0.15) is 11.9 Å². The summed E-state index contributed by atoms with van der Waals surface area (Å²) in [4.78, 5) is 23.4. The van der Waals surface area contributed by atoms with Crippen molar-refractivity contribution in [2.75, 3.05) is 4.90 Å². The number of aromatic nitrogens is 4. The van der Waals surface area contributed by atoms with E-state index in [1.807, 2.05) is 6.07 Å². The Morgan fingerprint density at radius 3 is 1.02 bits per heavy atom. The van der Waals surface area contributed by atoms with E-state index in [9.17, 15) is 0 Å². The molecule has 0 amide bonds. The summed E-state index contributed by atoms with van der Waals surface area (Å²) < 4.78 is 6.47. The molecule has 6 heteroatoms. The molecule has 0 radical (unpaired) electrons. The Morgan fingerprint density at radius 1 is 0.229 bits per heavy atom. The maximum Gasteiger partial charge on any atom is 0.160 e. The number of rotatable bonds is 14. The third-order valence-electron chi connectivity index (χ3n) is 23.6. The lowest BCUT2D eigenvalue weighted by Gasteiger charge is -2.29. The lowest BCUT2D eigenvalue weighted by molar-refractivity contribution is 0.270. The predicted molar refractivity (Wildman–Crippen MR) is 489 cm³/mol. The topological polar surface area (TPSA) is 64.0 Å². The van der Waals surface area contributed by atoms with Gasteiger partial charge in [0, 0.05) is 67.6 Å². The van der Waals surface area contributed by atoms with Crippen LogP contribution in [-0.4, -0.2) is 32.1 Å². The second-order valence-electron chi connectivity index (χ2n) is 30.6. The van der Waals surface area contributed by atoms with Crippen LogP contribution in [0.4, 0.5) is 11.4 Å². The molecule has 4 unspecified atom stereocenters. The summed E-state index contributed by atoms with van der Waals surface area (Å²) in [6.45, 7) is 0. The third kappa shape index (κ3) is 13.7. The molecule has 556 valence electrons. The fraction of sp³-hybridized carbons (Fsp3) is 0.0357. The highest BCUT2D eigenvalue weighted by Gasteiger charge is 2.39. The van der Waals surface area contributed by atoms with Crippen LogP contribution >= 0.6 is 0 Å². The maximum absolute atomic E-state index is 6.47. The molecule has 4 heterocycles. The van der Waals surface area contributed by atoms with E-state index in [0.717, 1.165) is 84.2 Å². The van der Waals surface area contributed by atoms with Crippen molar-refractivity contribution in [3.63, 3.8) is 0 Å². The van der Waals surface area contributed by atoms with Crippen LogP contribution in [0.15, 0.2) is 443 Å². The molecule has 2 aliphatic carbocycles. The zero-order chi connectivity index (χ0) is 78.2. The van der Waals surface area contributed by atoms with Gasteiger partial charge in [-0.15, -0.1) is 0 Å². The van der Waals surface area contributed by atoms with Crippen molar-refractivity contribution in [2.24, 2.45) is 0 Å². The number of nitrogens with zero attached hydrogens (tertiary/aromatic N) is 5. The van der Waals surface area contributed by atoms with Gasteiger partial charge in [0.15, 0.2) is 11.6 Å². The third-order valence-corrected chi connectivity index (χ3v) is 23.6. The van der Waals surface area contributed by atoms with Gasteiger partial charge in [-0.05, 0) is 124 Å². The SMILES string of the molecule is C1=CC2Oc3c(-c4ccc(-c5nc(-c6ccc(-c7ccccc7)cc6)cc(-c6ccc(-c7cccc8ccccc78)cc6)n5)cc4)cccc3C2C=C1.C1=CC2c3cccc(-c4ccc(-c5nc(-c6ccc(-c7ccc(-c8ccccc8)cc7)cc6)cc(-c6ccc(-c7cccc8ccccc78)cc6)n5)cc4)c3N(c3ccccc3)C2C=C1. The Labute approximate surface area is 687 Å². The number of para-hydroxylation sites is 3. The average Bonchev–Trinajstić information content (AvgIpc) is 1.58. The van der Waals surface area contributed by atoms with E-state index in [1.165, 1.54) is 99.7 Å². The van der Waals surface area contributed by atoms with Gasteiger partial charge < -0.3 is 9.64 Å². The fourth-order valence-electron chi connectivity index (χ4n) is 17.5. The molecule has 18 aromatic rings. The van der Waals surface area contributed by atoms with Gasteiger partial charge in [0.05, 0.1) is 34.5 Å². The first kappa shape index (κ1) is 70.6. The van der Waals surface area contributed by atoms with Crippen LogP contribution in [0.25, 0.3) is 167 Å². The Hall–Kier alpha value is -15.2. The maximum atomic E-state index is 6.47. The quantitative estimate of drug-likeness (QED) is 0.108. The highest BCUT2D eigenvalue weighted by Crippen LogP contribution is 2.53. The first-order valence-corrected chi connectivity index (χ1v) is 40.5. The fourth-order valence-corrected chi connectivity index (χ4v) is 17.5. The van der Waals surface area contributed by atoms with Gasteiger partial charge in [-0.25, -0.2) is 19.9 Å². The van der Waals surface area contributed by atoms with Gasteiger partial charge >= 0.3 is 0 Å². The molecule has 0 fully saturated rings. The summed E-state index contributed by atoms with van der Waals surface area (Å²) in [5.41, 5.74) is 31.1. The summed E-state index contributed by atoms with van der Waals surface area (Å²) in [5.74, 6) is 2.89. The van der Waals surface area contributed by atoms with Crippen molar-refractivity contribution in [1.82, 2.24) is 19.9 Å². The van der Waals surface area contributed by atoms with E-state index in [2.05, 4.69) is 442 Å². The molecule has 118 heavy (non-hydrogen) atoms. The summed E-state index contributed by atoms with van der Waals surface area (Å²) >= 11 is 0. The number of allylic oxidation sites excluding steroid dienone is 4. The van der Waals surface area contributed by atoms with Gasteiger partial charge in [-0.3, -0.25) is 0 Å². The zero-order valence-electron chi connectivity index (χ0n) is 64.6. The minimum atomic E-state index is 0.0489. The van der Waals surface area contributed by atoms with Crippen LogP contribution in [0.1, 0.15) is 23.0 Å². The smallest absolute Gasteiger partial charge is 0.160 e. The van der Waals surface area contributed by atoms with Gasteiger partial charge in [0.25, 0.3) is 0 Å². The van der Waals surface area contributed by atoms with Crippen LogP contribution in [0.3, 0.4) is 0 Å². The second kappa shape index (κ2) is 30.9. The summed E-state index contributed by atoms with van der Waals surface area (Å²) in [7, 11) is 0. The van der Waals surface area contributed by atoms with Crippen LogP contribution in [-0.2, 0) is 0 Å². The van der Waals surface area contributed by atoms with Crippen molar-refractivity contribution < 1.29 is 4.74 Å². The zero-order valence-corrected chi connectivity index (χ0v) is 64.6. The van der Waals surface area contributed by atoms with Crippen molar-refractivity contribution in [3.05, 3.63) is 454 Å². The monoisotopic (exact) mass is 1510 g/mol. The number of hydrogen-bond acceptors (Lipinski definition) is 6. The van der Waals surface area contributed by atoms with E-state index >= 15 is 0 Å². The first-order chi connectivity index (χ1) is 58.5. The van der Waals surface area contributed by atoms with Crippen molar-refractivity contribution >= 4 is 32.9 Å². The highest BCUT2D eigenvalue weighted by molar-refractivity contribution is 5.99. The molecule has 0 saturated heterocycles. The molecule has 0 saturated carbocycles. The van der Waals surface area contributed by atoms with E-state index < -0.39 is 0 Å². The van der Waals surface area contributed by atoms with Crippen LogP contribution in [0, 0.1) is 0 Å². The second-order valence-corrected chi connectivity index (χ2v) is 30.6. The highest BCUT2D eigenvalue weighted by atomic mass is 16.5. The standard InChI is InChI=1S/C62H43N3.C50H34N2O/c1-3-13-42(14-4-1)43-25-27-44(28-26-43)45-29-35-49(36-30-45)58-41-59(50-37-31-47(32-38-50)54-21-11-16-46-15-7-8-19-53(46)54)64-62(63-58)51-39-33-48(34-40-51)55-22-12-23-57-56-20-9-10-24-60(56)65(61(55)57)52-17-5-2-6-18-52;1-2-10-33(11-3-1)34-20-26-38(27-21-34)46-32-47(39-28-22-36(23-29-39)42-16-8-13-35-12-4-5-14-41(35)42)52-50(51-46)40-30-24-37(25-31-40)43-17-9-18-45-44-15-6-7-19-48(44)53-49(43)45/h1-41,56,60H;1-32,44,48H. The predicted octanol–water partition coefficient (Wildman–Crippen LogP) is 28.6. The van der Waals surface area contributed by atoms with Crippen LogP contribution in [0.2, 0.25) is 0 Å². The normalized spacial score (nSPS) is 15.2. The molecule has 0 spiro atoms. The largest absolute Gasteiger partial charge is 0.484 e. The number of ether oxygens (including phenoxy) is 1. The Balaban J connectivity index is 0.000000150. The molecule has 2 aromatic heterocycles. The van der Waals surface area contributed by atoms with E-state index in [0.29, 0.717) is 17.6 Å². The van der Waals surface area contributed by atoms with Crippen molar-refractivity contribution in [1.29, 1.82) is 0 Å². The molecular formula is C112H77N5O. The van der Waals surface area contributed by atoms with Gasteiger partial charge in [0.2, 0.25) is 0 Å². The van der Waals surface area contributed by atoms with Crippen molar-refractivity contribution in [3.8, 4) is 151 Å². The van der Waals surface area contributed by atoms with E-state index in [-0.39, 0.29) is 18.1 Å². The molecule has 4 atom stereocenters. The lowest BCUT2D eigenvalue weighted by Crippen LogP contribution is -2.28. The summed E-state index contributed by atoms with van der Waals surface area (Å²) in [6.07, 6.45) is 17.6. The van der Waals surface area contributed by atoms with Gasteiger partial charge in [-0.1, -0.05) is 413 Å². The molecule has 0 N–H and O–H groups in total. The average molecular weight is 1510 g/mol. The molecule has 0 bridgehead atoms. The Bertz CT molecular complexity index is 6890. The first-order valence-electron chi connectivity index (χ1n) is 40.5. The summed E-state index contributed by atoms with van der Waals surface area (Å²) in [6, 6.07) is 141.